The van der Waals surface area contributed by atoms with Gasteiger partial charge in [-0.1, -0.05) is 30.3 Å². The minimum atomic E-state index is -0.0934. The fourth-order valence-corrected chi connectivity index (χ4v) is 2.73. The van der Waals surface area contributed by atoms with Crippen LogP contribution in [0.1, 0.15) is 19.5 Å². The van der Waals surface area contributed by atoms with E-state index in [9.17, 15) is 4.79 Å². The maximum absolute atomic E-state index is 11.3. The van der Waals surface area contributed by atoms with Gasteiger partial charge in [-0.05, 0) is 34.4 Å². The van der Waals surface area contributed by atoms with Gasteiger partial charge in [0.05, 0.1) is 13.1 Å². The zero-order chi connectivity index (χ0) is 14.8. The first kappa shape index (κ1) is 13.2. The Morgan fingerprint density at radius 2 is 2.05 bits per heavy atom. The summed E-state index contributed by atoms with van der Waals surface area (Å²) in [7, 11) is 0. The molecule has 0 aromatic heterocycles. The monoisotopic (exact) mass is 279 g/mol. The lowest BCUT2D eigenvalue weighted by atomic mass is 9.96. The highest BCUT2D eigenvalue weighted by Crippen LogP contribution is 2.35. The van der Waals surface area contributed by atoms with Gasteiger partial charge in [0.15, 0.2) is 6.19 Å². The van der Waals surface area contributed by atoms with E-state index in [1.807, 2.05) is 42.5 Å². The molecule has 0 bridgehead atoms. The summed E-state index contributed by atoms with van der Waals surface area (Å²) in [4.78, 5) is 13.0. The Labute approximate surface area is 125 Å². The lowest BCUT2D eigenvalue weighted by Crippen LogP contribution is -2.07. The van der Waals surface area contributed by atoms with Crippen LogP contribution in [0.25, 0.3) is 11.1 Å². The number of carbonyl (C=O) groups is 1. The summed E-state index contributed by atoms with van der Waals surface area (Å²) in [5.74, 6) is -0.0934. The van der Waals surface area contributed by atoms with Gasteiger partial charge in [-0.2, -0.15) is 5.26 Å². The molecule has 2 aromatic carbocycles. The lowest BCUT2D eigenvalue weighted by Gasteiger charge is -2.12. The number of carbonyl (C=O) groups excluding carboxylic acids is 1. The summed E-state index contributed by atoms with van der Waals surface area (Å²) in [6.07, 6.45) is 2.20. The third-order valence-corrected chi connectivity index (χ3v) is 3.60. The SMILES string of the molecule is CC(=O)Nc1cc2c(c(-c3ccccc3)c1)CN(C#N)C2.[HH]. The summed E-state index contributed by atoms with van der Waals surface area (Å²) >= 11 is 0. The normalized spacial score (nSPS) is 12.7. The zero-order valence-electron chi connectivity index (χ0n) is 11.8. The molecule has 0 unspecified atom stereocenters. The first-order chi connectivity index (χ1) is 10.2. The second kappa shape index (κ2) is 5.29. The van der Waals surface area contributed by atoms with Gasteiger partial charge < -0.3 is 10.2 Å². The fourth-order valence-electron chi connectivity index (χ4n) is 2.73. The van der Waals surface area contributed by atoms with E-state index in [0.29, 0.717) is 13.1 Å². The molecule has 0 saturated heterocycles. The van der Waals surface area contributed by atoms with Crippen LogP contribution in [0.4, 0.5) is 5.69 Å². The van der Waals surface area contributed by atoms with Gasteiger partial charge in [0.1, 0.15) is 0 Å². The van der Waals surface area contributed by atoms with Crippen molar-refractivity contribution >= 4 is 11.6 Å². The number of fused-ring (bicyclic) bond motifs is 1. The highest BCUT2D eigenvalue weighted by atomic mass is 16.1. The average molecular weight is 279 g/mol. The molecule has 4 nitrogen and oxygen atoms in total. The molecule has 0 aliphatic carbocycles. The third-order valence-electron chi connectivity index (χ3n) is 3.60. The van der Waals surface area contributed by atoms with Crippen molar-refractivity contribution in [2.24, 2.45) is 0 Å². The van der Waals surface area contributed by atoms with Gasteiger partial charge in [0.2, 0.25) is 5.91 Å². The van der Waals surface area contributed by atoms with E-state index in [4.69, 9.17) is 5.26 Å². The number of nitriles is 1. The van der Waals surface area contributed by atoms with Crippen molar-refractivity contribution < 1.29 is 6.22 Å². The smallest absolute Gasteiger partial charge is 0.221 e. The van der Waals surface area contributed by atoms with E-state index in [-0.39, 0.29) is 7.33 Å². The van der Waals surface area contributed by atoms with Crippen LogP contribution in [-0.2, 0) is 17.9 Å². The Morgan fingerprint density at radius 1 is 1.29 bits per heavy atom. The van der Waals surface area contributed by atoms with Crippen molar-refractivity contribution in [3.05, 3.63) is 53.6 Å². The Morgan fingerprint density at radius 3 is 2.71 bits per heavy atom. The number of anilines is 1. The highest BCUT2D eigenvalue weighted by molar-refractivity contribution is 5.90. The van der Waals surface area contributed by atoms with Gasteiger partial charge in [0, 0.05) is 14.0 Å². The van der Waals surface area contributed by atoms with Crippen LogP contribution in [0, 0.1) is 11.5 Å². The molecule has 1 aliphatic heterocycles. The van der Waals surface area contributed by atoms with Crippen LogP contribution in [0.15, 0.2) is 42.5 Å². The lowest BCUT2D eigenvalue weighted by molar-refractivity contribution is -0.114. The second-order valence-electron chi connectivity index (χ2n) is 5.16. The molecule has 21 heavy (non-hydrogen) atoms. The largest absolute Gasteiger partial charge is 0.326 e. The highest BCUT2D eigenvalue weighted by Gasteiger charge is 2.22. The maximum atomic E-state index is 11.3. The van der Waals surface area contributed by atoms with E-state index in [1.165, 1.54) is 6.92 Å². The first-order valence-corrected chi connectivity index (χ1v) is 6.81. The van der Waals surface area contributed by atoms with Crippen LogP contribution in [-0.4, -0.2) is 10.8 Å². The number of hydrogen-bond acceptors (Lipinski definition) is 3. The minimum absolute atomic E-state index is 0. The van der Waals surface area contributed by atoms with E-state index in [2.05, 4.69) is 11.5 Å². The number of amides is 1. The predicted octanol–water partition coefficient (Wildman–Crippen LogP) is 3.35. The van der Waals surface area contributed by atoms with Crippen LogP contribution >= 0.6 is 0 Å². The summed E-state index contributed by atoms with van der Waals surface area (Å²) in [6, 6.07) is 14.0. The van der Waals surface area contributed by atoms with Crippen LogP contribution < -0.4 is 5.32 Å². The van der Waals surface area contributed by atoms with Crippen molar-refractivity contribution in [2.45, 2.75) is 20.0 Å². The maximum Gasteiger partial charge on any atom is 0.221 e. The van der Waals surface area contributed by atoms with Crippen molar-refractivity contribution in [1.82, 2.24) is 4.90 Å². The molecule has 0 spiro atoms. The quantitative estimate of drug-likeness (QED) is 0.858. The molecule has 1 heterocycles. The molecular weight excluding hydrogens is 262 g/mol. The first-order valence-electron chi connectivity index (χ1n) is 6.81. The van der Waals surface area contributed by atoms with E-state index in [1.54, 1.807) is 4.90 Å². The molecule has 1 N–H and O–H groups in total. The summed E-state index contributed by atoms with van der Waals surface area (Å²) in [5.41, 5.74) is 5.22. The molecule has 2 aromatic rings. The van der Waals surface area contributed by atoms with Crippen molar-refractivity contribution in [2.75, 3.05) is 5.32 Å². The van der Waals surface area contributed by atoms with Crippen molar-refractivity contribution in [1.29, 1.82) is 5.26 Å². The minimum Gasteiger partial charge on any atom is -0.326 e. The van der Waals surface area contributed by atoms with Gasteiger partial charge in [0.25, 0.3) is 0 Å². The molecule has 1 amide bonds. The van der Waals surface area contributed by atoms with Gasteiger partial charge in [-0.3, -0.25) is 4.79 Å². The van der Waals surface area contributed by atoms with Gasteiger partial charge >= 0.3 is 0 Å². The summed E-state index contributed by atoms with van der Waals surface area (Å²) in [6.45, 7) is 2.71. The van der Waals surface area contributed by atoms with E-state index in [0.717, 1.165) is 27.9 Å². The molecule has 106 valence electrons. The average Bonchev–Trinajstić information content (AvgIpc) is 2.89. The third kappa shape index (κ3) is 2.59. The Bertz CT molecular complexity index is 738. The molecule has 0 atom stereocenters. The summed E-state index contributed by atoms with van der Waals surface area (Å²) < 4.78 is 0. The molecule has 0 radical (unpaired) electrons. The van der Waals surface area contributed by atoms with E-state index >= 15 is 0 Å². The number of hydrogen-bond donors (Lipinski definition) is 1. The summed E-state index contributed by atoms with van der Waals surface area (Å²) in [5, 5.41) is 12.0. The van der Waals surface area contributed by atoms with Crippen LogP contribution in [0.5, 0.6) is 0 Å². The molecule has 0 fully saturated rings. The molecular formula is C17H17N3O. The molecule has 4 heteroatoms. The Balaban J connectivity index is 0.00000176. The van der Waals surface area contributed by atoms with Crippen molar-refractivity contribution in [3.8, 4) is 17.3 Å². The molecule has 3 rings (SSSR count). The molecule has 1 aliphatic rings. The Kier molecular flexibility index (Phi) is 3.33. The number of rotatable bonds is 2. The van der Waals surface area contributed by atoms with Gasteiger partial charge in [-0.25, -0.2) is 0 Å². The Hall–Kier alpha value is -2.80. The molecule has 0 saturated carbocycles. The standard InChI is InChI=1S/C17H15N3O.H2/c1-12(21)19-15-7-14-9-20(11-18)10-17(14)16(8-15)13-5-3-2-4-6-13;/h2-8H,9-10H2,1H3,(H,19,21);1H. The van der Waals surface area contributed by atoms with Crippen LogP contribution in [0.2, 0.25) is 0 Å². The van der Waals surface area contributed by atoms with E-state index < -0.39 is 0 Å². The number of benzene rings is 2. The van der Waals surface area contributed by atoms with Gasteiger partial charge in [-0.15, -0.1) is 0 Å². The van der Waals surface area contributed by atoms with Crippen molar-refractivity contribution in [3.63, 3.8) is 0 Å². The fraction of sp³-hybridized carbons (Fsp3) is 0.176. The topological polar surface area (TPSA) is 56.1 Å². The number of nitrogens with one attached hydrogen (secondary N) is 1. The second-order valence-corrected chi connectivity index (χ2v) is 5.16. The zero-order valence-corrected chi connectivity index (χ0v) is 11.8. The predicted molar refractivity (Wildman–Crippen MR) is 83.2 cm³/mol. The number of nitrogens with zero attached hydrogens (tertiary/aromatic N) is 2. The van der Waals surface area contributed by atoms with Crippen LogP contribution in [0.3, 0.4) is 0 Å².